The van der Waals surface area contributed by atoms with Crippen molar-refractivity contribution in [1.29, 1.82) is 0 Å². The number of carbonyl (C=O) groups excluding carboxylic acids is 1. The first kappa shape index (κ1) is 19.0. The van der Waals surface area contributed by atoms with Gasteiger partial charge in [0, 0.05) is 32.7 Å². The van der Waals surface area contributed by atoms with Gasteiger partial charge in [-0.3, -0.25) is 9.79 Å². The fourth-order valence-electron chi connectivity index (χ4n) is 3.61. The van der Waals surface area contributed by atoms with Gasteiger partial charge in [-0.2, -0.15) is 0 Å². The van der Waals surface area contributed by atoms with E-state index in [0.29, 0.717) is 12.5 Å². The molecule has 24 heavy (non-hydrogen) atoms. The molecule has 0 aromatic carbocycles. The molecule has 0 saturated carbocycles. The Morgan fingerprint density at radius 2 is 2.04 bits per heavy atom. The molecule has 2 atom stereocenters. The van der Waals surface area contributed by atoms with E-state index in [2.05, 4.69) is 29.0 Å². The smallest absolute Gasteiger partial charge is 0.310 e. The van der Waals surface area contributed by atoms with Crippen molar-refractivity contribution in [2.45, 2.75) is 40.0 Å². The molecule has 0 amide bonds. The van der Waals surface area contributed by atoms with E-state index in [1.54, 1.807) is 0 Å². The fraction of sp³-hybridized carbons (Fsp3) is 0.889. The zero-order chi connectivity index (χ0) is 17.4. The lowest BCUT2D eigenvalue weighted by Crippen LogP contribution is -2.48. The normalized spacial score (nSPS) is 25.8. The number of likely N-dealkylation sites (tertiary alicyclic amines) is 2. The van der Waals surface area contributed by atoms with E-state index in [1.807, 2.05) is 6.92 Å². The number of hydrogen-bond acceptors (Lipinski definition) is 4. The molecular formula is C18H34N4O2. The van der Waals surface area contributed by atoms with Crippen LogP contribution in [-0.2, 0) is 9.53 Å². The van der Waals surface area contributed by atoms with E-state index in [0.717, 1.165) is 58.1 Å². The van der Waals surface area contributed by atoms with Gasteiger partial charge >= 0.3 is 5.97 Å². The van der Waals surface area contributed by atoms with Crippen LogP contribution in [0.25, 0.3) is 0 Å². The topological polar surface area (TPSA) is 57.2 Å². The Morgan fingerprint density at radius 1 is 1.21 bits per heavy atom. The Labute approximate surface area is 146 Å². The Kier molecular flexibility index (Phi) is 7.82. The highest BCUT2D eigenvalue weighted by Crippen LogP contribution is 2.19. The maximum Gasteiger partial charge on any atom is 0.310 e. The summed E-state index contributed by atoms with van der Waals surface area (Å²) in [6, 6.07) is 0. The number of rotatable bonds is 6. The van der Waals surface area contributed by atoms with Gasteiger partial charge in [-0.25, -0.2) is 0 Å². The van der Waals surface area contributed by atoms with Crippen LogP contribution in [0.3, 0.4) is 0 Å². The third kappa shape index (κ3) is 5.36. The lowest BCUT2D eigenvalue weighted by molar-refractivity contribution is -0.149. The van der Waals surface area contributed by atoms with Crippen LogP contribution in [0.15, 0.2) is 4.99 Å². The highest BCUT2D eigenvalue weighted by Gasteiger charge is 2.28. The second kappa shape index (κ2) is 9.87. The average Bonchev–Trinajstić information content (AvgIpc) is 3.07. The molecule has 2 saturated heterocycles. The van der Waals surface area contributed by atoms with Gasteiger partial charge in [0.1, 0.15) is 0 Å². The van der Waals surface area contributed by atoms with E-state index >= 15 is 0 Å². The summed E-state index contributed by atoms with van der Waals surface area (Å²) in [6.07, 6.45) is 3.17. The Balaban J connectivity index is 1.93. The van der Waals surface area contributed by atoms with Crippen molar-refractivity contribution < 1.29 is 9.53 Å². The van der Waals surface area contributed by atoms with Gasteiger partial charge < -0.3 is 19.9 Å². The molecule has 0 bridgehead atoms. The molecule has 0 aromatic heterocycles. The van der Waals surface area contributed by atoms with Crippen molar-refractivity contribution in [3.8, 4) is 0 Å². The van der Waals surface area contributed by atoms with E-state index in [9.17, 15) is 4.79 Å². The molecular weight excluding hydrogens is 304 g/mol. The maximum absolute atomic E-state index is 12.0. The minimum Gasteiger partial charge on any atom is -0.466 e. The summed E-state index contributed by atoms with van der Waals surface area (Å²) < 4.78 is 5.20. The van der Waals surface area contributed by atoms with Crippen molar-refractivity contribution in [1.82, 2.24) is 15.1 Å². The van der Waals surface area contributed by atoms with Gasteiger partial charge in [0.25, 0.3) is 0 Å². The summed E-state index contributed by atoms with van der Waals surface area (Å²) in [7, 11) is 0. The van der Waals surface area contributed by atoms with Crippen molar-refractivity contribution >= 4 is 11.9 Å². The van der Waals surface area contributed by atoms with Gasteiger partial charge in [-0.1, -0.05) is 6.92 Å². The molecule has 0 aliphatic carbocycles. The predicted molar refractivity (Wildman–Crippen MR) is 97.1 cm³/mol. The number of aliphatic imine (C=N–C) groups is 1. The first-order valence-electron chi connectivity index (χ1n) is 9.60. The molecule has 0 radical (unpaired) electrons. The number of nitrogens with zero attached hydrogens (tertiary/aromatic N) is 3. The number of carbonyl (C=O) groups is 1. The number of ether oxygens (including phenoxy) is 1. The first-order valence-corrected chi connectivity index (χ1v) is 9.60. The highest BCUT2D eigenvalue weighted by atomic mass is 16.5. The second-order valence-electron chi connectivity index (χ2n) is 6.78. The van der Waals surface area contributed by atoms with Crippen LogP contribution >= 0.6 is 0 Å². The molecule has 2 aliphatic rings. The van der Waals surface area contributed by atoms with Crippen molar-refractivity contribution in [2.24, 2.45) is 16.8 Å². The number of esters is 1. The van der Waals surface area contributed by atoms with E-state index < -0.39 is 0 Å². The first-order chi connectivity index (χ1) is 11.7. The maximum atomic E-state index is 12.0. The quantitative estimate of drug-likeness (QED) is 0.453. The van der Waals surface area contributed by atoms with Crippen molar-refractivity contribution in [2.75, 3.05) is 52.4 Å². The third-order valence-corrected chi connectivity index (χ3v) is 4.99. The molecule has 2 fully saturated rings. The molecule has 2 heterocycles. The molecule has 2 unspecified atom stereocenters. The van der Waals surface area contributed by atoms with E-state index in [-0.39, 0.29) is 11.9 Å². The van der Waals surface area contributed by atoms with Gasteiger partial charge in [-0.15, -0.1) is 0 Å². The van der Waals surface area contributed by atoms with Crippen LogP contribution in [-0.4, -0.2) is 74.1 Å². The molecule has 1 N–H and O–H groups in total. The second-order valence-corrected chi connectivity index (χ2v) is 6.78. The summed E-state index contributed by atoms with van der Waals surface area (Å²) in [5.74, 6) is 1.53. The minimum atomic E-state index is -0.0626. The Morgan fingerprint density at radius 3 is 2.71 bits per heavy atom. The zero-order valence-electron chi connectivity index (χ0n) is 15.6. The molecule has 6 heteroatoms. The molecule has 138 valence electrons. The molecule has 2 aliphatic heterocycles. The van der Waals surface area contributed by atoms with Gasteiger partial charge in [0.2, 0.25) is 0 Å². The summed E-state index contributed by atoms with van der Waals surface area (Å²) in [5, 5.41) is 3.40. The molecule has 2 rings (SSSR count). The van der Waals surface area contributed by atoms with Crippen LogP contribution in [0.5, 0.6) is 0 Å². The van der Waals surface area contributed by atoms with E-state index in [4.69, 9.17) is 9.73 Å². The summed E-state index contributed by atoms with van der Waals surface area (Å²) in [6.45, 7) is 13.5. The van der Waals surface area contributed by atoms with E-state index in [1.165, 1.54) is 13.0 Å². The van der Waals surface area contributed by atoms with Gasteiger partial charge in [0.05, 0.1) is 12.5 Å². The standard InChI is InChI=1S/C18H34N4O2/c1-4-19-18(20-12-15-9-11-21(5-2)13-15)22-10-7-8-16(14-22)17(23)24-6-3/h15-16H,4-14H2,1-3H3,(H,19,20). The predicted octanol–water partition coefficient (Wildman–Crippen LogP) is 1.57. The number of hydrogen-bond donors (Lipinski definition) is 1. The summed E-state index contributed by atoms with van der Waals surface area (Å²) in [4.78, 5) is 21.7. The Bertz CT molecular complexity index is 427. The minimum absolute atomic E-state index is 0.0235. The molecule has 0 aromatic rings. The molecule has 0 spiro atoms. The van der Waals surface area contributed by atoms with Gasteiger partial charge in [0.15, 0.2) is 5.96 Å². The van der Waals surface area contributed by atoms with Crippen molar-refractivity contribution in [3.63, 3.8) is 0 Å². The highest BCUT2D eigenvalue weighted by molar-refractivity contribution is 5.81. The van der Waals surface area contributed by atoms with Crippen LogP contribution in [0.2, 0.25) is 0 Å². The summed E-state index contributed by atoms with van der Waals surface area (Å²) in [5.41, 5.74) is 0. The third-order valence-electron chi connectivity index (χ3n) is 4.99. The Hall–Kier alpha value is -1.30. The van der Waals surface area contributed by atoms with Crippen LogP contribution in [0.4, 0.5) is 0 Å². The number of guanidine groups is 1. The largest absolute Gasteiger partial charge is 0.466 e. The van der Waals surface area contributed by atoms with Crippen LogP contribution in [0, 0.1) is 11.8 Å². The number of nitrogens with one attached hydrogen (secondary N) is 1. The fourth-order valence-corrected chi connectivity index (χ4v) is 3.61. The SMILES string of the molecule is CCNC(=NCC1CCN(CC)C1)N1CCCC(C(=O)OCC)C1. The zero-order valence-corrected chi connectivity index (χ0v) is 15.6. The van der Waals surface area contributed by atoms with Crippen LogP contribution in [0.1, 0.15) is 40.0 Å². The summed E-state index contributed by atoms with van der Waals surface area (Å²) >= 11 is 0. The van der Waals surface area contributed by atoms with Gasteiger partial charge in [-0.05, 0) is 52.1 Å². The lowest BCUT2D eigenvalue weighted by atomic mass is 9.98. The lowest BCUT2D eigenvalue weighted by Gasteiger charge is -2.34. The number of piperidine rings is 1. The van der Waals surface area contributed by atoms with Crippen LogP contribution < -0.4 is 5.32 Å². The average molecular weight is 338 g/mol. The monoisotopic (exact) mass is 338 g/mol. The van der Waals surface area contributed by atoms with Crippen molar-refractivity contribution in [3.05, 3.63) is 0 Å². The molecule has 6 nitrogen and oxygen atoms in total.